The van der Waals surface area contributed by atoms with Gasteiger partial charge in [0.1, 0.15) is 0 Å². The average Bonchev–Trinajstić information content (AvgIpc) is 3.19. The molecule has 0 aliphatic heterocycles. The first kappa shape index (κ1) is 20.7. The Hall–Kier alpha value is -2.58. The normalized spacial score (nSPS) is 11.7. The van der Waals surface area contributed by atoms with Gasteiger partial charge >= 0.3 is 0 Å². The summed E-state index contributed by atoms with van der Waals surface area (Å²) < 4.78 is 10.3. The summed E-state index contributed by atoms with van der Waals surface area (Å²) in [6.07, 6.45) is 0. The third kappa shape index (κ3) is 5.70. The Balaban J connectivity index is 1.87. The van der Waals surface area contributed by atoms with Crippen molar-refractivity contribution in [2.75, 3.05) is 41.4 Å². The summed E-state index contributed by atoms with van der Waals surface area (Å²) in [6, 6.07) is 8.97. The third-order valence-corrected chi connectivity index (χ3v) is 5.02. The molecular formula is C19H25N3O4S. The molecule has 1 aromatic carbocycles. The molecule has 2 N–H and O–H groups in total. The van der Waals surface area contributed by atoms with Crippen LogP contribution in [0.1, 0.15) is 21.3 Å². The van der Waals surface area contributed by atoms with Gasteiger partial charge in [-0.05, 0) is 43.7 Å². The summed E-state index contributed by atoms with van der Waals surface area (Å²) in [6.45, 7) is 0.371. The highest BCUT2D eigenvalue weighted by atomic mass is 32.1. The smallest absolute Gasteiger partial charge is 0.251 e. The highest BCUT2D eigenvalue weighted by Crippen LogP contribution is 2.27. The van der Waals surface area contributed by atoms with Gasteiger partial charge in [-0.15, -0.1) is 11.3 Å². The molecule has 2 aromatic rings. The number of hydrogen-bond donors (Lipinski definition) is 2. The number of hydrogen-bond acceptors (Lipinski definition) is 6. The first-order chi connectivity index (χ1) is 13.0. The molecule has 2 amide bonds. The second-order valence-electron chi connectivity index (χ2n) is 6.05. The van der Waals surface area contributed by atoms with E-state index in [9.17, 15) is 9.59 Å². The quantitative estimate of drug-likeness (QED) is 0.683. The lowest BCUT2D eigenvalue weighted by Crippen LogP contribution is -2.40. The van der Waals surface area contributed by atoms with Crippen LogP contribution in [0.15, 0.2) is 35.7 Å². The van der Waals surface area contributed by atoms with Crippen molar-refractivity contribution in [3.8, 4) is 11.5 Å². The maximum atomic E-state index is 12.3. The van der Waals surface area contributed by atoms with E-state index in [4.69, 9.17) is 9.47 Å². The molecular weight excluding hydrogens is 366 g/mol. The number of nitrogens with zero attached hydrogens (tertiary/aromatic N) is 1. The summed E-state index contributed by atoms with van der Waals surface area (Å²) in [7, 11) is 6.96. The number of methoxy groups -OCH3 is 2. The molecule has 0 saturated heterocycles. The van der Waals surface area contributed by atoms with Crippen molar-refractivity contribution in [1.82, 2.24) is 15.5 Å². The van der Waals surface area contributed by atoms with Crippen LogP contribution in [0.2, 0.25) is 0 Å². The number of benzene rings is 1. The van der Waals surface area contributed by atoms with Crippen molar-refractivity contribution < 1.29 is 19.1 Å². The van der Waals surface area contributed by atoms with Gasteiger partial charge in [-0.2, -0.15) is 0 Å². The van der Waals surface area contributed by atoms with Crippen molar-refractivity contribution in [3.63, 3.8) is 0 Å². The van der Waals surface area contributed by atoms with Crippen LogP contribution >= 0.6 is 11.3 Å². The molecule has 8 heteroatoms. The molecule has 0 bridgehead atoms. The van der Waals surface area contributed by atoms with Crippen LogP contribution < -0.4 is 20.1 Å². The van der Waals surface area contributed by atoms with Crippen molar-refractivity contribution in [2.45, 2.75) is 6.04 Å². The molecule has 0 fully saturated rings. The zero-order chi connectivity index (χ0) is 19.8. The van der Waals surface area contributed by atoms with Crippen molar-refractivity contribution in [2.24, 2.45) is 0 Å². The minimum absolute atomic E-state index is 0.0931. The predicted octanol–water partition coefficient (Wildman–Crippen LogP) is 1.91. The first-order valence-corrected chi connectivity index (χ1v) is 9.31. The van der Waals surface area contributed by atoms with Crippen LogP contribution in [0.5, 0.6) is 11.5 Å². The van der Waals surface area contributed by atoms with Gasteiger partial charge in [0, 0.05) is 17.0 Å². The minimum Gasteiger partial charge on any atom is -0.493 e. The lowest BCUT2D eigenvalue weighted by Gasteiger charge is -2.23. The van der Waals surface area contributed by atoms with Crippen molar-refractivity contribution in [3.05, 3.63) is 46.2 Å². The molecule has 2 rings (SSSR count). The van der Waals surface area contributed by atoms with E-state index in [-0.39, 0.29) is 24.4 Å². The molecule has 0 aliphatic carbocycles. The van der Waals surface area contributed by atoms with E-state index < -0.39 is 0 Å². The molecule has 1 heterocycles. The largest absolute Gasteiger partial charge is 0.493 e. The van der Waals surface area contributed by atoms with E-state index in [2.05, 4.69) is 10.6 Å². The van der Waals surface area contributed by atoms with Crippen LogP contribution in [0.3, 0.4) is 0 Å². The van der Waals surface area contributed by atoms with Gasteiger partial charge in [-0.3, -0.25) is 9.59 Å². The number of carbonyl (C=O) groups is 2. The van der Waals surface area contributed by atoms with Crippen molar-refractivity contribution in [1.29, 1.82) is 0 Å². The molecule has 0 saturated carbocycles. The molecule has 0 aliphatic rings. The minimum atomic E-state index is -0.353. The van der Waals surface area contributed by atoms with Gasteiger partial charge in [0.2, 0.25) is 5.91 Å². The Bertz CT molecular complexity index is 762. The fourth-order valence-corrected chi connectivity index (χ4v) is 3.45. The number of nitrogens with one attached hydrogen (secondary N) is 2. The Morgan fingerprint density at radius 1 is 1.11 bits per heavy atom. The first-order valence-electron chi connectivity index (χ1n) is 8.43. The molecule has 1 aromatic heterocycles. The van der Waals surface area contributed by atoms with Crippen LogP contribution in [-0.4, -0.2) is 58.1 Å². The topological polar surface area (TPSA) is 79.9 Å². The van der Waals surface area contributed by atoms with Gasteiger partial charge in [0.15, 0.2) is 11.5 Å². The number of amides is 2. The monoisotopic (exact) mass is 391 g/mol. The Labute approximate surface area is 163 Å². The second kappa shape index (κ2) is 9.94. The van der Waals surface area contributed by atoms with Gasteiger partial charge in [-0.1, -0.05) is 6.07 Å². The highest BCUT2D eigenvalue weighted by molar-refractivity contribution is 7.10. The number of carbonyl (C=O) groups excluding carboxylic acids is 2. The van der Waals surface area contributed by atoms with Gasteiger partial charge in [0.05, 0.1) is 26.8 Å². The summed E-state index contributed by atoms with van der Waals surface area (Å²) in [5.41, 5.74) is 0.394. The fourth-order valence-electron chi connectivity index (χ4n) is 2.53. The van der Waals surface area contributed by atoms with Crippen LogP contribution in [0.25, 0.3) is 0 Å². The van der Waals surface area contributed by atoms with Crippen LogP contribution in [0.4, 0.5) is 0 Å². The Morgan fingerprint density at radius 2 is 1.85 bits per heavy atom. The van der Waals surface area contributed by atoms with E-state index in [1.165, 1.54) is 19.1 Å². The highest BCUT2D eigenvalue weighted by Gasteiger charge is 2.17. The number of rotatable bonds is 9. The SMILES string of the molecule is COc1ccc(C(=O)NCC(=O)NC[C@@H](c2cccs2)N(C)C)cc1OC. The number of thiophene rings is 1. The van der Waals surface area contributed by atoms with E-state index in [1.54, 1.807) is 29.5 Å². The zero-order valence-electron chi connectivity index (χ0n) is 15.9. The second-order valence-corrected chi connectivity index (χ2v) is 7.03. The number of likely N-dealkylation sites (N-methyl/N-ethyl adjacent to an activating group) is 1. The maximum absolute atomic E-state index is 12.3. The molecule has 146 valence electrons. The predicted molar refractivity (Wildman–Crippen MR) is 106 cm³/mol. The fraction of sp³-hybridized carbons (Fsp3) is 0.368. The van der Waals surface area contributed by atoms with Gasteiger partial charge in [-0.25, -0.2) is 0 Å². The average molecular weight is 391 g/mol. The third-order valence-electron chi connectivity index (χ3n) is 4.04. The van der Waals surface area contributed by atoms with Gasteiger partial charge < -0.3 is 25.0 Å². The lowest BCUT2D eigenvalue weighted by molar-refractivity contribution is -0.120. The van der Waals surface area contributed by atoms with Crippen molar-refractivity contribution >= 4 is 23.2 Å². The molecule has 27 heavy (non-hydrogen) atoms. The summed E-state index contributed by atoms with van der Waals surface area (Å²) in [5, 5.41) is 7.49. The molecule has 1 atom stereocenters. The Morgan fingerprint density at radius 3 is 2.44 bits per heavy atom. The molecule has 0 radical (unpaired) electrons. The van der Waals surface area contributed by atoms with Crippen LogP contribution in [0, 0.1) is 0 Å². The summed E-state index contributed by atoms with van der Waals surface area (Å²) in [4.78, 5) is 27.6. The number of ether oxygens (including phenoxy) is 2. The zero-order valence-corrected chi connectivity index (χ0v) is 16.8. The molecule has 0 spiro atoms. The van der Waals surface area contributed by atoms with Gasteiger partial charge in [0.25, 0.3) is 5.91 Å². The standard InChI is InChI=1S/C19H25N3O4S/c1-22(2)14(17-6-5-9-27-17)11-20-18(23)12-21-19(24)13-7-8-15(25-3)16(10-13)26-4/h5-10,14H,11-12H2,1-4H3,(H,20,23)(H,21,24)/t14-/m0/s1. The van der Waals surface area contributed by atoms with Crippen LogP contribution in [-0.2, 0) is 4.79 Å². The van der Waals surface area contributed by atoms with E-state index >= 15 is 0 Å². The lowest BCUT2D eigenvalue weighted by atomic mass is 10.2. The van der Waals surface area contributed by atoms with E-state index in [0.717, 1.165) is 0 Å². The van der Waals surface area contributed by atoms with E-state index in [0.29, 0.717) is 23.6 Å². The summed E-state index contributed by atoms with van der Waals surface area (Å²) >= 11 is 1.65. The molecule has 7 nitrogen and oxygen atoms in total. The Kier molecular flexibility index (Phi) is 7.63. The van der Waals surface area contributed by atoms with E-state index in [1.807, 2.05) is 36.5 Å². The maximum Gasteiger partial charge on any atom is 0.251 e. The molecule has 0 unspecified atom stereocenters. The summed E-state index contributed by atoms with van der Waals surface area (Å²) in [5.74, 6) is 0.398.